The number of unbranched alkanes of at least 4 members (excludes halogenated alkanes) is 3. The third kappa shape index (κ3) is 7.14. The Morgan fingerprint density at radius 3 is 2.72 bits per heavy atom. The van der Waals surface area contributed by atoms with Crippen LogP contribution in [0.5, 0.6) is 0 Å². The van der Waals surface area contributed by atoms with Gasteiger partial charge in [0.25, 0.3) is 0 Å². The van der Waals surface area contributed by atoms with Crippen LogP contribution in [0.15, 0.2) is 12.7 Å². The summed E-state index contributed by atoms with van der Waals surface area (Å²) in [5.74, 6) is 0. The summed E-state index contributed by atoms with van der Waals surface area (Å²) in [6.07, 6.45) is 10.4. The van der Waals surface area contributed by atoms with Gasteiger partial charge in [-0.25, -0.2) is 0 Å². The number of nitrogens with one attached hydrogen (secondary N) is 1. The highest BCUT2D eigenvalue weighted by Crippen LogP contribution is 2.15. The SMILES string of the molecule is C=CCCCCCC(CC1OCCO1)NCCC. The molecule has 1 saturated heterocycles. The second-order valence-electron chi connectivity index (χ2n) is 4.98. The first-order chi connectivity index (χ1) is 8.86. The first-order valence-electron chi connectivity index (χ1n) is 7.44. The summed E-state index contributed by atoms with van der Waals surface area (Å²) in [5.41, 5.74) is 0. The number of allylic oxidation sites excluding steroid dienone is 1. The Morgan fingerprint density at radius 1 is 1.28 bits per heavy atom. The van der Waals surface area contributed by atoms with E-state index >= 15 is 0 Å². The van der Waals surface area contributed by atoms with E-state index < -0.39 is 0 Å². The summed E-state index contributed by atoms with van der Waals surface area (Å²) >= 11 is 0. The molecule has 0 radical (unpaired) electrons. The highest BCUT2D eigenvalue weighted by molar-refractivity contribution is 4.71. The van der Waals surface area contributed by atoms with Gasteiger partial charge in [-0.1, -0.05) is 25.8 Å². The summed E-state index contributed by atoms with van der Waals surface area (Å²) in [7, 11) is 0. The van der Waals surface area contributed by atoms with Crippen molar-refractivity contribution < 1.29 is 9.47 Å². The summed E-state index contributed by atoms with van der Waals surface area (Å²) in [4.78, 5) is 0. The molecular formula is C15H29NO2. The van der Waals surface area contributed by atoms with Crippen LogP contribution in [0.1, 0.15) is 51.9 Å². The Balaban J connectivity index is 2.14. The summed E-state index contributed by atoms with van der Waals surface area (Å²) < 4.78 is 11.1. The van der Waals surface area contributed by atoms with Crippen molar-refractivity contribution in [2.45, 2.75) is 64.2 Å². The number of hydrogen-bond acceptors (Lipinski definition) is 3. The van der Waals surface area contributed by atoms with E-state index in [9.17, 15) is 0 Å². The normalized spacial score (nSPS) is 18.1. The van der Waals surface area contributed by atoms with Crippen LogP contribution in [0.3, 0.4) is 0 Å². The van der Waals surface area contributed by atoms with Gasteiger partial charge in [0, 0.05) is 12.5 Å². The van der Waals surface area contributed by atoms with Crippen LogP contribution < -0.4 is 5.32 Å². The Hall–Kier alpha value is -0.380. The molecule has 0 spiro atoms. The van der Waals surface area contributed by atoms with Gasteiger partial charge in [-0.2, -0.15) is 0 Å². The molecule has 1 aliphatic rings. The van der Waals surface area contributed by atoms with Gasteiger partial charge in [0.2, 0.25) is 0 Å². The third-order valence-electron chi connectivity index (χ3n) is 3.31. The first kappa shape index (κ1) is 15.7. The lowest BCUT2D eigenvalue weighted by Gasteiger charge is -2.21. The highest BCUT2D eigenvalue weighted by Gasteiger charge is 2.20. The molecule has 0 aromatic carbocycles. The van der Waals surface area contributed by atoms with E-state index in [4.69, 9.17) is 9.47 Å². The molecule has 1 unspecified atom stereocenters. The molecule has 1 fully saturated rings. The third-order valence-corrected chi connectivity index (χ3v) is 3.31. The minimum atomic E-state index is 0.0209. The highest BCUT2D eigenvalue weighted by atomic mass is 16.7. The van der Waals surface area contributed by atoms with E-state index in [0.29, 0.717) is 6.04 Å². The monoisotopic (exact) mass is 255 g/mol. The van der Waals surface area contributed by atoms with Gasteiger partial charge in [0.15, 0.2) is 6.29 Å². The molecule has 1 atom stereocenters. The van der Waals surface area contributed by atoms with Crippen molar-refractivity contribution in [1.29, 1.82) is 0 Å². The van der Waals surface area contributed by atoms with E-state index in [0.717, 1.165) is 32.6 Å². The van der Waals surface area contributed by atoms with Gasteiger partial charge in [-0.3, -0.25) is 0 Å². The summed E-state index contributed by atoms with van der Waals surface area (Å²) in [5, 5.41) is 3.61. The van der Waals surface area contributed by atoms with E-state index in [1.807, 2.05) is 6.08 Å². The quantitative estimate of drug-likeness (QED) is 0.454. The fourth-order valence-corrected chi connectivity index (χ4v) is 2.28. The predicted molar refractivity (Wildman–Crippen MR) is 75.7 cm³/mol. The smallest absolute Gasteiger partial charge is 0.159 e. The molecule has 1 rings (SSSR count). The topological polar surface area (TPSA) is 30.5 Å². The van der Waals surface area contributed by atoms with Crippen molar-refractivity contribution in [3.63, 3.8) is 0 Å². The zero-order chi connectivity index (χ0) is 13.1. The van der Waals surface area contributed by atoms with Crippen LogP contribution in [-0.2, 0) is 9.47 Å². The lowest BCUT2D eigenvalue weighted by molar-refractivity contribution is -0.0532. The molecule has 0 aromatic rings. The first-order valence-corrected chi connectivity index (χ1v) is 7.44. The van der Waals surface area contributed by atoms with E-state index in [1.54, 1.807) is 0 Å². The molecule has 3 nitrogen and oxygen atoms in total. The molecule has 3 heteroatoms. The largest absolute Gasteiger partial charge is 0.350 e. The number of hydrogen-bond donors (Lipinski definition) is 1. The molecule has 0 bridgehead atoms. The second-order valence-corrected chi connectivity index (χ2v) is 4.98. The molecule has 1 aliphatic heterocycles. The zero-order valence-corrected chi connectivity index (χ0v) is 11.8. The van der Waals surface area contributed by atoms with Crippen molar-refractivity contribution >= 4 is 0 Å². The minimum Gasteiger partial charge on any atom is -0.350 e. The van der Waals surface area contributed by atoms with Crippen LogP contribution >= 0.6 is 0 Å². The number of rotatable bonds is 11. The standard InChI is InChI=1S/C15H29NO2/c1-3-5-6-7-8-9-14(16-10-4-2)13-15-17-11-12-18-15/h3,14-16H,1,4-13H2,2H3. The van der Waals surface area contributed by atoms with Gasteiger partial charge in [-0.05, 0) is 32.2 Å². The maximum Gasteiger partial charge on any atom is 0.159 e. The zero-order valence-electron chi connectivity index (χ0n) is 11.8. The van der Waals surface area contributed by atoms with Crippen molar-refractivity contribution in [3.05, 3.63) is 12.7 Å². The molecule has 0 amide bonds. The Bertz CT molecular complexity index is 203. The van der Waals surface area contributed by atoms with Gasteiger partial charge >= 0.3 is 0 Å². The maximum atomic E-state index is 5.53. The average molecular weight is 255 g/mol. The predicted octanol–water partition coefficient (Wildman–Crippen LogP) is 3.25. The fourth-order valence-electron chi connectivity index (χ4n) is 2.28. The van der Waals surface area contributed by atoms with Gasteiger partial charge < -0.3 is 14.8 Å². The molecular weight excluding hydrogens is 226 g/mol. The molecule has 0 saturated carbocycles. The molecule has 0 aromatic heterocycles. The van der Waals surface area contributed by atoms with Crippen LogP contribution in [0, 0.1) is 0 Å². The Kier molecular flexibility index (Phi) is 9.17. The molecule has 106 valence electrons. The molecule has 1 N–H and O–H groups in total. The Labute approximate surface area is 112 Å². The average Bonchev–Trinajstić information content (AvgIpc) is 2.88. The van der Waals surface area contributed by atoms with Crippen molar-refractivity contribution in [3.8, 4) is 0 Å². The van der Waals surface area contributed by atoms with Crippen molar-refractivity contribution in [2.24, 2.45) is 0 Å². The lowest BCUT2D eigenvalue weighted by Crippen LogP contribution is -2.33. The summed E-state index contributed by atoms with van der Waals surface area (Å²) in [6.45, 7) is 8.56. The second kappa shape index (κ2) is 10.5. The van der Waals surface area contributed by atoms with Crippen molar-refractivity contribution in [1.82, 2.24) is 5.32 Å². The van der Waals surface area contributed by atoms with Gasteiger partial charge in [0.05, 0.1) is 13.2 Å². The van der Waals surface area contributed by atoms with Gasteiger partial charge in [-0.15, -0.1) is 6.58 Å². The van der Waals surface area contributed by atoms with Gasteiger partial charge in [0.1, 0.15) is 0 Å². The van der Waals surface area contributed by atoms with E-state index in [2.05, 4.69) is 18.8 Å². The minimum absolute atomic E-state index is 0.0209. The fraction of sp³-hybridized carbons (Fsp3) is 0.867. The van der Waals surface area contributed by atoms with Crippen LogP contribution in [-0.4, -0.2) is 32.1 Å². The molecule has 18 heavy (non-hydrogen) atoms. The van der Waals surface area contributed by atoms with Crippen LogP contribution in [0.4, 0.5) is 0 Å². The summed E-state index contributed by atoms with van der Waals surface area (Å²) in [6, 6.07) is 0.539. The molecule has 1 heterocycles. The van der Waals surface area contributed by atoms with E-state index in [1.165, 1.54) is 32.1 Å². The lowest BCUT2D eigenvalue weighted by atomic mass is 10.0. The van der Waals surface area contributed by atoms with E-state index in [-0.39, 0.29) is 6.29 Å². The van der Waals surface area contributed by atoms with Crippen LogP contribution in [0.25, 0.3) is 0 Å². The Morgan fingerprint density at radius 2 is 2.06 bits per heavy atom. The molecule has 0 aliphatic carbocycles. The maximum absolute atomic E-state index is 5.53. The van der Waals surface area contributed by atoms with Crippen molar-refractivity contribution in [2.75, 3.05) is 19.8 Å². The number of ether oxygens (including phenoxy) is 2. The van der Waals surface area contributed by atoms with Crippen LogP contribution in [0.2, 0.25) is 0 Å².